The lowest BCUT2D eigenvalue weighted by Gasteiger charge is -2.14. The maximum atomic E-state index is 12.9. The van der Waals surface area contributed by atoms with Gasteiger partial charge in [-0.25, -0.2) is 12.8 Å². The largest absolute Gasteiger partial charge is 0.480 e. The zero-order chi connectivity index (χ0) is 17.6. The van der Waals surface area contributed by atoms with Gasteiger partial charge < -0.3 is 5.11 Å². The third-order valence-electron chi connectivity index (χ3n) is 3.12. The van der Waals surface area contributed by atoms with Crippen LogP contribution in [0, 0.1) is 5.82 Å². The second kappa shape index (κ2) is 8.27. The second-order valence-corrected chi connectivity index (χ2v) is 7.71. The molecule has 0 fully saturated rings. The summed E-state index contributed by atoms with van der Waals surface area (Å²) in [5.41, 5.74) is 1.02. The molecule has 0 aliphatic heterocycles. The Morgan fingerprint density at radius 3 is 2.33 bits per heavy atom. The molecule has 0 bridgehead atoms. The monoisotopic (exact) mass is 369 g/mol. The van der Waals surface area contributed by atoms with Gasteiger partial charge in [0.25, 0.3) is 0 Å². The molecule has 2 aromatic carbocycles. The van der Waals surface area contributed by atoms with Crippen molar-refractivity contribution in [3.63, 3.8) is 0 Å². The smallest absolute Gasteiger partial charge is 0.322 e. The number of benzene rings is 2. The maximum absolute atomic E-state index is 12.9. The van der Waals surface area contributed by atoms with Crippen LogP contribution < -0.4 is 4.72 Å². The predicted octanol–water partition coefficient (Wildman–Crippen LogP) is 2.49. The number of thioether (sulfide) groups is 1. The molecular weight excluding hydrogens is 353 g/mol. The van der Waals surface area contributed by atoms with E-state index in [2.05, 4.69) is 4.72 Å². The van der Waals surface area contributed by atoms with Crippen LogP contribution in [0.25, 0.3) is 0 Å². The first-order valence-corrected chi connectivity index (χ1v) is 9.64. The summed E-state index contributed by atoms with van der Waals surface area (Å²) in [4.78, 5) is 11.1. The molecule has 0 spiro atoms. The van der Waals surface area contributed by atoms with E-state index in [1.807, 2.05) is 30.3 Å². The molecule has 2 N–H and O–H groups in total. The average molecular weight is 369 g/mol. The van der Waals surface area contributed by atoms with E-state index in [4.69, 9.17) is 0 Å². The number of halogens is 1. The number of carbonyl (C=O) groups is 1. The minimum Gasteiger partial charge on any atom is -0.480 e. The highest BCUT2D eigenvalue weighted by molar-refractivity contribution is 7.98. The van der Waals surface area contributed by atoms with Gasteiger partial charge in [0, 0.05) is 11.5 Å². The maximum Gasteiger partial charge on any atom is 0.322 e. The number of hydrogen-bond donors (Lipinski definition) is 2. The van der Waals surface area contributed by atoms with E-state index < -0.39 is 27.9 Å². The number of rotatable bonds is 8. The number of hydrogen-bond acceptors (Lipinski definition) is 4. The van der Waals surface area contributed by atoms with Crippen molar-refractivity contribution in [3.8, 4) is 0 Å². The first kappa shape index (κ1) is 18.4. The Bertz CT molecular complexity index is 779. The van der Waals surface area contributed by atoms with Gasteiger partial charge in [-0.05, 0) is 29.8 Å². The first-order chi connectivity index (χ1) is 11.4. The molecular formula is C16H16FNO4S2. The number of carboxylic acid groups (broad SMARTS) is 1. The van der Waals surface area contributed by atoms with Crippen molar-refractivity contribution in [1.82, 2.24) is 4.72 Å². The average Bonchev–Trinajstić information content (AvgIpc) is 2.55. The molecule has 8 heteroatoms. The molecule has 0 radical (unpaired) electrons. The van der Waals surface area contributed by atoms with Gasteiger partial charge in [0.2, 0.25) is 10.0 Å². The molecule has 0 aliphatic carbocycles. The third kappa shape index (κ3) is 5.33. The van der Waals surface area contributed by atoms with E-state index in [1.165, 1.54) is 11.8 Å². The van der Waals surface area contributed by atoms with Crippen molar-refractivity contribution in [2.45, 2.75) is 16.7 Å². The second-order valence-electron chi connectivity index (χ2n) is 4.97. The standard InChI is InChI=1S/C16H16FNO4S2/c17-13-6-8-14(9-7-13)24(21,22)18-15(16(19)20)11-23-10-12-4-2-1-3-5-12/h1-9,15,18H,10-11H2,(H,19,20). The summed E-state index contributed by atoms with van der Waals surface area (Å²) in [5, 5.41) is 9.22. The van der Waals surface area contributed by atoms with Crippen molar-refractivity contribution < 1.29 is 22.7 Å². The Balaban J connectivity index is 2.00. The molecule has 0 heterocycles. The molecule has 128 valence electrons. The van der Waals surface area contributed by atoms with Crippen LogP contribution in [0.2, 0.25) is 0 Å². The van der Waals surface area contributed by atoms with Crippen molar-refractivity contribution in [2.75, 3.05) is 5.75 Å². The predicted molar refractivity (Wildman–Crippen MR) is 90.7 cm³/mol. The summed E-state index contributed by atoms with van der Waals surface area (Å²) in [6.07, 6.45) is 0. The first-order valence-electron chi connectivity index (χ1n) is 7.01. The lowest BCUT2D eigenvalue weighted by molar-refractivity contribution is -0.138. The highest BCUT2D eigenvalue weighted by Crippen LogP contribution is 2.15. The zero-order valence-corrected chi connectivity index (χ0v) is 14.2. The summed E-state index contributed by atoms with van der Waals surface area (Å²) in [6.45, 7) is 0. The minimum atomic E-state index is -4.03. The van der Waals surface area contributed by atoms with Gasteiger partial charge in [-0.2, -0.15) is 16.5 Å². The van der Waals surface area contributed by atoms with Gasteiger partial charge in [0.15, 0.2) is 0 Å². The fraction of sp³-hybridized carbons (Fsp3) is 0.188. The summed E-state index contributed by atoms with van der Waals surface area (Å²) in [5.74, 6) is -1.18. The molecule has 2 aromatic rings. The van der Waals surface area contributed by atoms with E-state index in [0.29, 0.717) is 5.75 Å². The van der Waals surface area contributed by atoms with Crippen molar-refractivity contribution in [2.24, 2.45) is 0 Å². The fourth-order valence-electron chi connectivity index (χ4n) is 1.89. The molecule has 0 amide bonds. The Morgan fingerprint density at radius 1 is 1.12 bits per heavy atom. The molecule has 1 unspecified atom stereocenters. The van der Waals surface area contributed by atoms with Crippen LogP contribution in [0.1, 0.15) is 5.56 Å². The Morgan fingerprint density at radius 2 is 1.75 bits per heavy atom. The summed E-state index contributed by atoms with van der Waals surface area (Å²) >= 11 is 1.31. The van der Waals surface area contributed by atoms with Crippen molar-refractivity contribution in [3.05, 3.63) is 66.0 Å². The molecule has 0 aromatic heterocycles. The fourth-order valence-corrected chi connectivity index (χ4v) is 4.20. The number of aliphatic carboxylic acids is 1. The highest BCUT2D eigenvalue weighted by Gasteiger charge is 2.25. The SMILES string of the molecule is O=C(O)C(CSCc1ccccc1)NS(=O)(=O)c1ccc(F)cc1. The van der Waals surface area contributed by atoms with Crippen LogP contribution in [0.15, 0.2) is 59.5 Å². The van der Waals surface area contributed by atoms with Crippen LogP contribution in [0.4, 0.5) is 4.39 Å². The van der Waals surface area contributed by atoms with Gasteiger partial charge in [-0.15, -0.1) is 0 Å². The van der Waals surface area contributed by atoms with Crippen LogP contribution in [-0.2, 0) is 20.6 Å². The van der Waals surface area contributed by atoms with E-state index in [0.717, 1.165) is 29.8 Å². The Kier molecular flexibility index (Phi) is 6.36. The van der Waals surface area contributed by atoms with Gasteiger partial charge in [-0.3, -0.25) is 4.79 Å². The number of carboxylic acids is 1. The molecule has 1 atom stereocenters. The normalized spacial score (nSPS) is 12.7. The molecule has 24 heavy (non-hydrogen) atoms. The van der Waals surface area contributed by atoms with Crippen molar-refractivity contribution >= 4 is 27.8 Å². The molecule has 5 nitrogen and oxygen atoms in total. The van der Waals surface area contributed by atoms with Gasteiger partial charge in [0.05, 0.1) is 4.90 Å². The van der Waals surface area contributed by atoms with Gasteiger partial charge in [-0.1, -0.05) is 30.3 Å². The lowest BCUT2D eigenvalue weighted by Crippen LogP contribution is -2.42. The summed E-state index contributed by atoms with van der Waals surface area (Å²) in [7, 11) is -4.03. The topological polar surface area (TPSA) is 83.5 Å². The highest BCUT2D eigenvalue weighted by atomic mass is 32.2. The molecule has 2 rings (SSSR count). The van der Waals surface area contributed by atoms with E-state index >= 15 is 0 Å². The molecule has 0 saturated carbocycles. The Hall–Kier alpha value is -1.90. The number of sulfonamides is 1. The Labute approximate surface area is 144 Å². The van der Waals surface area contributed by atoms with Crippen LogP contribution in [-0.4, -0.2) is 31.3 Å². The zero-order valence-electron chi connectivity index (χ0n) is 12.6. The van der Waals surface area contributed by atoms with Crippen molar-refractivity contribution in [1.29, 1.82) is 0 Å². The number of nitrogens with one attached hydrogen (secondary N) is 1. The lowest BCUT2D eigenvalue weighted by atomic mass is 10.2. The van der Waals surface area contributed by atoms with Crippen LogP contribution in [0.3, 0.4) is 0 Å². The van der Waals surface area contributed by atoms with E-state index in [1.54, 1.807) is 0 Å². The van der Waals surface area contributed by atoms with Crippen LogP contribution >= 0.6 is 11.8 Å². The van der Waals surface area contributed by atoms with E-state index in [-0.39, 0.29) is 10.6 Å². The molecule has 0 aliphatic rings. The van der Waals surface area contributed by atoms with Gasteiger partial charge >= 0.3 is 5.97 Å². The molecule has 0 saturated heterocycles. The minimum absolute atomic E-state index is 0.0741. The third-order valence-corrected chi connectivity index (χ3v) is 5.71. The van der Waals surface area contributed by atoms with E-state index in [9.17, 15) is 22.7 Å². The summed E-state index contributed by atoms with van der Waals surface area (Å²) < 4.78 is 39.4. The quantitative estimate of drug-likeness (QED) is 0.747. The van der Waals surface area contributed by atoms with Gasteiger partial charge in [0.1, 0.15) is 11.9 Å². The summed E-state index contributed by atoms with van der Waals surface area (Å²) in [6, 6.07) is 12.4. The van der Waals surface area contributed by atoms with Crippen LogP contribution in [0.5, 0.6) is 0 Å².